The summed E-state index contributed by atoms with van der Waals surface area (Å²) in [7, 11) is 0. The van der Waals surface area contributed by atoms with Gasteiger partial charge in [0.15, 0.2) is 0 Å². The summed E-state index contributed by atoms with van der Waals surface area (Å²) in [5, 5.41) is 6.17. The van der Waals surface area contributed by atoms with Crippen LogP contribution in [0.1, 0.15) is 12.2 Å². The molecule has 12 heavy (non-hydrogen) atoms. The number of H-pyrrole nitrogens is 2. The summed E-state index contributed by atoms with van der Waals surface area (Å²) in [4.78, 5) is 13.3. The fourth-order valence-corrected chi connectivity index (χ4v) is 1.42. The largest absolute Gasteiger partial charge is 0.381 e. The highest BCUT2D eigenvalue weighted by molar-refractivity contribution is 4.84. The van der Waals surface area contributed by atoms with Crippen LogP contribution in [0.2, 0.25) is 0 Å². The van der Waals surface area contributed by atoms with Gasteiger partial charge < -0.3 is 4.74 Å². The minimum Gasteiger partial charge on any atom is -0.381 e. The van der Waals surface area contributed by atoms with Gasteiger partial charge in [-0.25, -0.2) is 9.89 Å². The third-order valence-corrected chi connectivity index (χ3v) is 2.06. The Kier molecular flexibility index (Phi) is 1.95. The average molecular weight is 169 g/mol. The fourth-order valence-electron chi connectivity index (χ4n) is 1.42. The lowest BCUT2D eigenvalue weighted by atomic mass is 10.1. The molecule has 0 bridgehead atoms. The van der Waals surface area contributed by atoms with Crippen LogP contribution in [0.25, 0.3) is 0 Å². The molecule has 1 aliphatic rings. The molecule has 1 fully saturated rings. The van der Waals surface area contributed by atoms with E-state index >= 15 is 0 Å². The quantitative estimate of drug-likeness (QED) is 0.637. The molecule has 1 saturated heterocycles. The van der Waals surface area contributed by atoms with Crippen LogP contribution in [0.15, 0.2) is 4.79 Å². The molecule has 66 valence electrons. The maximum absolute atomic E-state index is 10.7. The second kappa shape index (κ2) is 3.10. The maximum atomic E-state index is 10.7. The van der Waals surface area contributed by atoms with E-state index in [0.29, 0.717) is 5.92 Å². The number of aromatic amines is 2. The highest BCUT2D eigenvalue weighted by Crippen LogP contribution is 2.15. The first-order valence-corrected chi connectivity index (χ1v) is 4.06. The maximum Gasteiger partial charge on any atom is 0.340 e. The van der Waals surface area contributed by atoms with Crippen LogP contribution in [-0.4, -0.2) is 28.4 Å². The van der Waals surface area contributed by atoms with Crippen LogP contribution in [-0.2, 0) is 11.2 Å². The highest BCUT2D eigenvalue weighted by Gasteiger charge is 2.17. The number of rotatable bonds is 2. The molecule has 0 saturated carbocycles. The molecule has 1 unspecified atom stereocenters. The Morgan fingerprint density at radius 2 is 2.58 bits per heavy atom. The minimum absolute atomic E-state index is 0.232. The van der Waals surface area contributed by atoms with Crippen LogP contribution in [0, 0.1) is 5.92 Å². The zero-order valence-corrected chi connectivity index (χ0v) is 6.67. The van der Waals surface area contributed by atoms with Gasteiger partial charge in [-0.3, -0.25) is 4.98 Å². The van der Waals surface area contributed by atoms with Gasteiger partial charge in [0.25, 0.3) is 0 Å². The van der Waals surface area contributed by atoms with Crippen LogP contribution in [0.4, 0.5) is 0 Å². The third-order valence-electron chi connectivity index (χ3n) is 2.06. The number of hydrogen-bond acceptors (Lipinski definition) is 3. The molecule has 1 aromatic heterocycles. The van der Waals surface area contributed by atoms with E-state index in [9.17, 15) is 4.79 Å². The molecule has 0 aromatic carbocycles. The van der Waals surface area contributed by atoms with Crippen molar-refractivity contribution in [3.05, 3.63) is 16.3 Å². The standard InChI is InChI=1S/C7H11N3O2/c11-7-8-6(9-10-7)3-5-1-2-12-4-5/h5H,1-4H2,(H2,8,9,10,11). The van der Waals surface area contributed by atoms with Gasteiger partial charge in [0, 0.05) is 19.6 Å². The smallest absolute Gasteiger partial charge is 0.340 e. The van der Waals surface area contributed by atoms with Crippen molar-refractivity contribution in [2.75, 3.05) is 13.2 Å². The Labute approximate surface area is 69.1 Å². The van der Waals surface area contributed by atoms with E-state index in [-0.39, 0.29) is 5.69 Å². The van der Waals surface area contributed by atoms with Crippen LogP contribution < -0.4 is 5.69 Å². The van der Waals surface area contributed by atoms with Crippen molar-refractivity contribution in [1.82, 2.24) is 15.2 Å². The van der Waals surface area contributed by atoms with Gasteiger partial charge in [-0.1, -0.05) is 0 Å². The predicted molar refractivity (Wildman–Crippen MR) is 41.8 cm³/mol. The van der Waals surface area contributed by atoms with E-state index < -0.39 is 0 Å². The molecule has 1 aromatic rings. The lowest BCUT2D eigenvalue weighted by Gasteiger charge is -2.01. The topological polar surface area (TPSA) is 70.8 Å². The molecule has 2 heterocycles. The Bertz CT molecular complexity index is 298. The molecule has 1 atom stereocenters. The highest BCUT2D eigenvalue weighted by atomic mass is 16.5. The lowest BCUT2D eigenvalue weighted by molar-refractivity contribution is 0.185. The van der Waals surface area contributed by atoms with Crippen molar-refractivity contribution in [2.24, 2.45) is 5.92 Å². The normalized spacial score (nSPS) is 23.2. The molecular weight excluding hydrogens is 158 g/mol. The van der Waals surface area contributed by atoms with Crippen LogP contribution in [0.3, 0.4) is 0 Å². The third kappa shape index (κ3) is 1.55. The van der Waals surface area contributed by atoms with Gasteiger partial charge >= 0.3 is 5.69 Å². The summed E-state index contributed by atoms with van der Waals surface area (Å²) in [5.74, 6) is 1.25. The Balaban J connectivity index is 1.98. The van der Waals surface area contributed by atoms with Gasteiger partial charge in [-0.2, -0.15) is 5.10 Å². The van der Waals surface area contributed by atoms with E-state index in [1.54, 1.807) is 0 Å². The molecule has 0 spiro atoms. The van der Waals surface area contributed by atoms with Crippen LogP contribution >= 0.6 is 0 Å². The summed E-state index contributed by atoms with van der Waals surface area (Å²) < 4.78 is 5.21. The summed E-state index contributed by atoms with van der Waals surface area (Å²) >= 11 is 0. The second-order valence-corrected chi connectivity index (χ2v) is 3.06. The Morgan fingerprint density at radius 1 is 1.67 bits per heavy atom. The Hall–Kier alpha value is -1.10. The first-order valence-electron chi connectivity index (χ1n) is 4.06. The predicted octanol–water partition coefficient (Wildman–Crippen LogP) is -0.323. The van der Waals surface area contributed by atoms with E-state index in [1.807, 2.05) is 0 Å². The van der Waals surface area contributed by atoms with Gasteiger partial charge in [0.2, 0.25) is 0 Å². The zero-order valence-electron chi connectivity index (χ0n) is 6.67. The average Bonchev–Trinajstić information content (AvgIpc) is 2.63. The van der Waals surface area contributed by atoms with E-state index in [2.05, 4.69) is 15.2 Å². The second-order valence-electron chi connectivity index (χ2n) is 3.06. The van der Waals surface area contributed by atoms with Crippen molar-refractivity contribution in [1.29, 1.82) is 0 Å². The van der Waals surface area contributed by atoms with Gasteiger partial charge in [0.1, 0.15) is 5.82 Å². The van der Waals surface area contributed by atoms with Gasteiger partial charge in [-0.05, 0) is 12.3 Å². The number of nitrogens with zero attached hydrogens (tertiary/aromatic N) is 1. The molecule has 2 rings (SSSR count). The molecule has 0 radical (unpaired) electrons. The minimum atomic E-state index is -0.232. The molecule has 1 aliphatic heterocycles. The lowest BCUT2D eigenvalue weighted by Crippen LogP contribution is -2.06. The zero-order chi connectivity index (χ0) is 8.39. The van der Waals surface area contributed by atoms with Crippen molar-refractivity contribution >= 4 is 0 Å². The summed E-state index contributed by atoms with van der Waals surface area (Å²) in [5.41, 5.74) is -0.232. The first-order chi connectivity index (χ1) is 5.84. The number of nitrogens with one attached hydrogen (secondary N) is 2. The summed E-state index contributed by atoms with van der Waals surface area (Å²) in [6.45, 7) is 1.62. The van der Waals surface area contributed by atoms with Crippen molar-refractivity contribution in [3.8, 4) is 0 Å². The number of aromatic nitrogens is 3. The Morgan fingerprint density at radius 3 is 3.17 bits per heavy atom. The summed E-state index contributed by atoms with van der Waals surface area (Å²) in [6, 6.07) is 0. The van der Waals surface area contributed by atoms with Crippen LogP contribution in [0.5, 0.6) is 0 Å². The van der Waals surface area contributed by atoms with Crippen molar-refractivity contribution in [3.63, 3.8) is 0 Å². The van der Waals surface area contributed by atoms with Crippen molar-refractivity contribution in [2.45, 2.75) is 12.8 Å². The van der Waals surface area contributed by atoms with E-state index in [1.165, 1.54) is 0 Å². The molecule has 5 heteroatoms. The molecule has 0 amide bonds. The molecule has 2 N–H and O–H groups in total. The SMILES string of the molecule is O=c1[nH]nc(CC2CCOC2)[nH]1. The molecule has 0 aliphatic carbocycles. The van der Waals surface area contributed by atoms with E-state index in [4.69, 9.17) is 4.74 Å². The number of hydrogen-bond donors (Lipinski definition) is 2. The van der Waals surface area contributed by atoms with Crippen molar-refractivity contribution < 1.29 is 4.74 Å². The summed E-state index contributed by atoms with van der Waals surface area (Å²) in [6.07, 6.45) is 1.87. The van der Waals surface area contributed by atoms with Gasteiger partial charge in [-0.15, -0.1) is 0 Å². The number of ether oxygens (including phenoxy) is 1. The first kappa shape index (κ1) is 7.54. The fraction of sp³-hybridized carbons (Fsp3) is 0.714. The van der Waals surface area contributed by atoms with Gasteiger partial charge in [0.05, 0.1) is 0 Å². The van der Waals surface area contributed by atoms with E-state index in [0.717, 1.165) is 31.9 Å². The monoisotopic (exact) mass is 169 g/mol. The molecule has 5 nitrogen and oxygen atoms in total. The molecular formula is C7H11N3O2.